The van der Waals surface area contributed by atoms with Crippen LogP contribution in [0.5, 0.6) is 5.75 Å². The number of likely N-dealkylation sites (N-methyl/N-ethyl adjacent to an activating group) is 1. The summed E-state index contributed by atoms with van der Waals surface area (Å²) in [6.45, 7) is 6.84. The number of hydrogen-bond donors (Lipinski definition) is 1. The molecule has 0 bridgehead atoms. The number of hydrogen-bond acceptors (Lipinski definition) is 5. The third kappa shape index (κ3) is 10.8. The molecule has 0 aliphatic rings. The highest BCUT2D eigenvalue weighted by Crippen LogP contribution is 2.20. The van der Waals surface area contributed by atoms with E-state index in [1.807, 2.05) is 51.1 Å². The predicted octanol–water partition coefficient (Wildman–Crippen LogP) is 3.47. The fourth-order valence-electron chi connectivity index (χ4n) is 2.67. The number of carbonyl (C=O) groups excluding carboxylic acids is 1. The Kier molecular flexibility index (Phi) is 11.7. The molecule has 0 aliphatic heterocycles. The van der Waals surface area contributed by atoms with Crippen molar-refractivity contribution in [2.75, 3.05) is 33.6 Å². The normalized spacial score (nSPS) is 14.5. The summed E-state index contributed by atoms with van der Waals surface area (Å²) in [5.74, 6) is 0.627. The Morgan fingerprint density at radius 3 is 2.52 bits per heavy atom. The Bertz CT molecular complexity index is 771. The van der Waals surface area contributed by atoms with Crippen LogP contribution in [-0.2, 0) is 26.8 Å². The molecule has 1 amide bonds. The van der Waals surface area contributed by atoms with Gasteiger partial charge in [0.05, 0.1) is 11.7 Å². The first kappa shape index (κ1) is 27.1. The average Bonchev–Trinajstić information content (AvgIpc) is 2.74. The summed E-state index contributed by atoms with van der Waals surface area (Å²) in [6, 6.07) is 7.82. The Hall–Kier alpha value is -1.96. The summed E-state index contributed by atoms with van der Waals surface area (Å²) in [7, 11) is 2.22. The van der Waals surface area contributed by atoms with Gasteiger partial charge in [-0.25, -0.2) is 0 Å². The first-order chi connectivity index (χ1) is 14.5. The fourth-order valence-corrected chi connectivity index (χ4v) is 2.98. The van der Waals surface area contributed by atoms with E-state index in [2.05, 4.69) is 0 Å². The van der Waals surface area contributed by atoms with E-state index in [1.54, 1.807) is 19.1 Å². The average molecular weight is 452 g/mol. The minimum absolute atomic E-state index is 0.157. The maximum absolute atomic E-state index is 11.9. The molecule has 0 spiro atoms. The molecular formula is C24H37NO5S. The van der Waals surface area contributed by atoms with Crippen LogP contribution in [0.15, 0.2) is 47.4 Å². The maximum Gasteiger partial charge on any atom is 0.246 e. The molecule has 2 atom stereocenters. The van der Waals surface area contributed by atoms with Crippen molar-refractivity contribution < 1.29 is 23.6 Å². The summed E-state index contributed by atoms with van der Waals surface area (Å²) in [5, 5.41) is 11.6. The van der Waals surface area contributed by atoms with E-state index in [0.717, 1.165) is 29.7 Å². The van der Waals surface area contributed by atoms with E-state index in [0.29, 0.717) is 19.6 Å². The van der Waals surface area contributed by atoms with Crippen molar-refractivity contribution >= 4 is 16.7 Å². The topological polar surface area (TPSA) is 76.1 Å². The van der Waals surface area contributed by atoms with E-state index in [4.69, 9.17) is 9.47 Å². The van der Waals surface area contributed by atoms with Crippen LogP contribution >= 0.6 is 0 Å². The summed E-state index contributed by atoms with van der Waals surface area (Å²) >= 11 is 0. The van der Waals surface area contributed by atoms with Crippen molar-refractivity contribution in [1.82, 2.24) is 4.90 Å². The van der Waals surface area contributed by atoms with Gasteiger partial charge in [0, 0.05) is 49.2 Å². The van der Waals surface area contributed by atoms with Crippen molar-refractivity contribution in [3.05, 3.63) is 53.0 Å². The van der Waals surface area contributed by atoms with Crippen LogP contribution in [-0.4, -0.2) is 65.4 Å². The van der Waals surface area contributed by atoms with Crippen LogP contribution in [0.3, 0.4) is 0 Å². The summed E-state index contributed by atoms with van der Waals surface area (Å²) in [6.07, 6.45) is 6.53. The number of ether oxygens (including phenoxy) is 2. The van der Waals surface area contributed by atoms with E-state index in [1.165, 1.54) is 17.7 Å². The lowest BCUT2D eigenvalue weighted by Gasteiger charge is -2.29. The van der Waals surface area contributed by atoms with Gasteiger partial charge in [-0.1, -0.05) is 17.7 Å². The number of nitrogens with zero attached hydrogens (tertiary/aromatic N) is 1. The third-order valence-corrected chi connectivity index (χ3v) is 5.78. The standard InChI is InChI=1S/C24H37NO5S/c1-19(7-12-22(26)24(2,3)29-5)14-17-30-21-10-8-20(9-11-21)13-16-25(4)23(27)15-18-31(6)28/h8-11,14-15,18,22,26H,7,12-13,16-17H2,1-6H3/b18-15+,19-14+. The van der Waals surface area contributed by atoms with Gasteiger partial charge in [-0.3, -0.25) is 9.00 Å². The van der Waals surface area contributed by atoms with Gasteiger partial charge >= 0.3 is 0 Å². The monoisotopic (exact) mass is 451 g/mol. The van der Waals surface area contributed by atoms with Crippen LogP contribution in [0, 0.1) is 0 Å². The molecular weight excluding hydrogens is 414 g/mol. The van der Waals surface area contributed by atoms with Crippen LogP contribution in [0.2, 0.25) is 0 Å². The van der Waals surface area contributed by atoms with Gasteiger partial charge < -0.3 is 19.5 Å². The number of carbonyl (C=O) groups is 1. The maximum atomic E-state index is 11.9. The second-order valence-corrected chi connectivity index (χ2v) is 9.45. The number of rotatable bonds is 13. The SMILES string of the molecule is COC(C)(C)C(O)CC/C(C)=C/COc1ccc(CCN(C)C(=O)/C=C/S(C)=O)cc1. The highest BCUT2D eigenvalue weighted by atomic mass is 32.2. The van der Waals surface area contributed by atoms with Crippen molar-refractivity contribution in [2.45, 2.75) is 51.7 Å². The zero-order valence-electron chi connectivity index (χ0n) is 19.6. The van der Waals surface area contributed by atoms with Crippen molar-refractivity contribution in [1.29, 1.82) is 0 Å². The van der Waals surface area contributed by atoms with Gasteiger partial charge in [0.2, 0.25) is 5.91 Å². The molecule has 1 aromatic carbocycles. The van der Waals surface area contributed by atoms with Crippen molar-refractivity contribution in [3.63, 3.8) is 0 Å². The molecule has 0 fully saturated rings. The Morgan fingerprint density at radius 1 is 1.29 bits per heavy atom. The lowest BCUT2D eigenvalue weighted by molar-refractivity contribution is -0.124. The first-order valence-electron chi connectivity index (χ1n) is 10.4. The summed E-state index contributed by atoms with van der Waals surface area (Å²) in [5.41, 5.74) is 1.72. The molecule has 0 saturated heterocycles. The number of amides is 1. The minimum atomic E-state index is -1.12. The number of benzene rings is 1. The van der Waals surface area contributed by atoms with Gasteiger partial charge in [-0.2, -0.15) is 0 Å². The van der Waals surface area contributed by atoms with E-state index in [9.17, 15) is 14.1 Å². The molecule has 1 N–H and O–H groups in total. The number of aliphatic hydroxyl groups is 1. The molecule has 0 aliphatic carbocycles. The number of methoxy groups -OCH3 is 1. The quantitative estimate of drug-likeness (QED) is 0.367. The second-order valence-electron chi connectivity index (χ2n) is 8.18. The highest BCUT2D eigenvalue weighted by Gasteiger charge is 2.26. The zero-order chi connectivity index (χ0) is 23.4. The number of allylic oxidation sites excluding steroid dienone is 1. The first-order valence-corrected chi connectivity index (χ1v) is 12.0. The smallest absolute Gasteiger partial charge is 0.246 e. The molecule has 1 aromatic rings. The Labute approximate surface area is 189 Å². The molecule has 0 aromatic heterocycles. The largest absolute Gasteiger partial charge is 0.490 e. The van der Waals surface area contributed by atoms with Gasteiger partial charge in [0.1, 0.15) is 12.4 Å². The molecule has 1 rings (SSSR count). The molecule has 0 heterocycles. The van der Waals surface area contributed by atoms with Gasteiger partial charge in [0.15, 0.2) is 0 Å². The van der Waals surface area contributed by atoms with Gasteiger partial charge in [-0.05, 0) is 63.8 Å². The van der Waals surface area contributed by atoms with Crippen LogP contribution < -0.4 is 4.74 Å². The Morgan fingerprint density at radius 2 is 1.94 bits per heavy atom. The summed E-state index contributed by atoms with van der Waals surface area (Å²) < 4.78 is 22.1. The molecule has 6 nitrogen and oxygen atoms in total. The van der Waals surface area contributed by atoms with Crippen LogP contribution in [0.4, 0.5) is 0 Å². The zero-order valence-corrected chi connectivity index (χ0v) is 20.4. The predicted molar refractivity (Wildman–Crippen MR) is 127 cm³/mol. The van der Waals surface area contributed by atoms with Gasteiger partial charge in [0.25, 0.3) is 0 Å². The molecule has 174 valence electrons. The summed E-state index contributed by atoms with van der Waals surface area (Å²) in [4.78, 5) is 13.5. The third-order valence-electron chi connectivity index (χ3n) is 5.26. The Balaban J connectivity index is 2.41. The second kappa shape index (κ2) is 13.5. The molecule has 7 heteroatoms. The number of aliphatic hydroxyl groups excluding tert-OH is 1. The molecule has 0 saturated carbocycles. The van der Waals surface area contributed by atoms with E-state index in [-0.39, 0.29) is 5.91 Å². The van der Waals surface area contributed by atoms with Crippen LogP contribution in [0.25, 0.3) is 0 Å². The van der Waals surface area contributed by atoms with Crippen molar-refractivity contribution in [3.8, 4) is 5.75 Å². The minimum Gasteiger partial charge on any atom is -0.490 e. The lowest BCUT2D eigenvalue weighted by Crippen LogP contribution is -2.37. The molecule has 2 unspecified atom stereocenters. The van der Waals surface area contributed by atoms with E-state index < -0.39 is 22.5 Å². The molecule has 31 heavy (non-hydrogen) atoms. The lowest BCUT2D eigenvalue weighted by atomic mass is 9.95. The van der Waals surface area contributed by atoms with E-state index >= 15 is 0 Å². The fraction of sp³-hybridized carbons (Fsp3) is 0.542. The van der Waals surface area contributed by atoms with Crippen molar-refractivity contribution in [2.24, 2.45) is 0 Å². The molecule has 0 radical (unpaired) electrons. The van der Waals surface area contributed by atoms with Gasteiger partial charge in [-0.15, -0.1) is 0 Å². The highest BCUT2D eigenvalue weighted by molar-refractivity contribution is 7.87. The van der Waals surface area contributed by atoms with Crippen LogP contribution in [0.1, 0.15) is 39.2 Å².